The maximum Gasteiger partial charge on any atom is 0.261 e. The smallest absolute Gasteiger partial charge is 0.261 e. The highest BCUT2D eigenvalue weighted by Crippen LogP contribution is 2.18. The van der Waals surface area contributed by atoms with Gasteiger partial charge in [0.1, 0.15) is 11.6 Å². The summed E-state index contributed by atoms with van der Waals surface area (Å²) in [6, 6.07) is 13.7. The van der Waals surface area contributed by atoms with E-state index in [2.05, 4.69) is 5.32 Å². The molecule has 2 rings (SSSR count). The molecule has 0 aliphatic rings. The van der Waals surface area contributed by atoms with Crippen molar-refractivity contribution >= 4 is 5.91 Å². The largest absolute Gasteiger partial charge is 0.481 e. The molecule has 0 saturated heterocycles. The fourth-order valence-electron chi connectivity index (χ4n) is 2.28. The molecule has 2 aromatic carbocycles. The van der Waals surface area contributed by atoms with Gasteiger partial charge >= 0.3 is 0 Å². The van der Waals surface area contributed by atoms with Crippen molar-refractivity contribution in [3.05, 3.63) is 65.5 Å². The van der Waals surface area contributed by atoms with E-state index in [0.717, 1.165) is 12.0 Å². The average molecular weight is 315 g/mol. The number of hydrogen-bond donors (Lipinski definition) is 1. The van der Waals surface area contributed by atoms with Crippen LogP contribution in [0.1, 0.15) is 37.4 Å². The average Bonchev–Trinajstić information content (AvgIpc) is 2.55. The Hall–Kier alpha value is -2.36. The molecule has 0 aliphatic heterocycles. The first kappa shape index (κ1) is 17.0. The predicted octanol–water partition coefficient (Wildman–Crippen LogP) is 4.17. The van der Waals surface area contributed by atoms with Crippen LogP contribution >= 0.6 is 0 Å². The SMILES string of the molecule is CC[C@@H](NC(=O)[C@@H](C)Oc1ccc(F)cc1)c1ccc(C)cc1. The number of halogens is 1. The lowest BCUT2D eigenvalue weighted by Gasteiger charge is -2.21. The molecule has 2 atom stereocenters. The number of ether oxygens (including phenoxy) is 1. The minimum atomic E-state index is -0.653. The van der Waals surface area contributed by atoms with Crippen molar-refractivity contribution in [2.24, 2.45) is 0 Å². The molecule has 3 nitrogen and oxygen atoms in total. The highest BCUT2D eigenvalue weighted by Gasteiger charge is 2.19. The van der Waals surface area contributed by atoms with Crippen LogP contribution in [0.5, 0.6) is 5.75 Å². The number of rotatable bonds is 6. The summed E-state index contributed by atoms with van der Waals surface area (Å²) in [5, 5.41) is 3.00. The van der Waals surface area contributed by atoms with Gasteiger partial charge in [-0.05, 0) is 50.1 Å². The van der Waals surface area contributed by atoms with Gasteiger partial charge in [0.2, 0.25) is 0 Å². The lowest BCUT2D eigenvalue weighted by Crippen LogP contribution is -2.38. The Morgan fingerprint density at radius 2 is 1.74 bits per heavy atom. The summed E-state index contributed by atoms with van der Waals surface area (Å²) in [5.74, 6) is -0.0564. The fourth-order valence-corrected chi connectivity index (χ4v) is 2.28. The number of benzene rings is 2. The first-order valence-electron chi connectivity index (χ1n) is 7.78. The second-order valence-corrected chi connectivity index (χ2v) is 5.59. The summed E-state index contributed by atoms with van der Waals surface area (Å²) >= 11 is 0. The standard InChI is InChI=1S/C19H22FNO2/c1-4-18(15-7-5-13(2)6-8-15)21-19(22)14(3)23-17-11-9-16(20)10-12-17/h5-12,14,18H,4H2,1-3H3,(H,21,22)/t14-,18-/m1/s1. The number of hydrogen-bond acceptors (Lipinski definition) is 2. The first-order valence-corrected chi connectivity index (χ1v) is 7.78. The van der Waals surface area contributed by atoms with Crippen LogP contribution in [0.25, 0.3) is 0 Å². The molecule has 0 fully saturated rings. The summed E-state index contributed by atoms with van der Waals surface area (Å²) < 4.78 is 18.4. The molecule has 1 amide bonds. The molecule has 0 aliphatic carbocycles. The summed E-state index contributed by atoms with van der Waals surface area (Å²) in [6.07, 6.45) is 0.137. The number of amides is 1. The van der Waals surface area contributed by atoms with Crippen LogP contribution in [0.2, 0.25) is 0 Å². The highest BCUT2D eigenvalue weighted by molar-refractivity contribution is 5.81. The third kappa shape index (κ3) is 4.81. The van der Waals surface area contributed by atoms with E-state index in [-0.39, 0.29) is 17.8 Å². The molecule has 23 heavy (non-hydrogen) atoms. The van der Waals surface area contributed by atoms with Gasteiger partial charge in [0.05, 0.1) is 6.04 Å². The minimum Gasteiger partial charge on any atom is -0.481 e. The number of nitrogens with one attached hydrogen (secondary N) is 1. The van der Waals surface area contributed by atoms with Crippen molar-refractivity contribution in [2.45, 2.75) is 39.3 Å². The number of carbonyl (C=O) groups is 1. The molecule has 0 spiro atoms. The van der Waals surface area contributed by atoms with E-state index in [1.165, 1.54) is 29.8 Å². The molecule has 0 heterocycles. The first-order chi connectivity index (χ1) is 11.0. The zero-order chi connectivity index (χ0) is 16.8. The van der Waals surface area contributed by atoms with Gasteiger partial charge in [-0.3, -0.25) is 4.79 Å². The van der Waals surface area contributed by atoms with Crippen LogP contribution in [0.15, 0.2) is 48.5 Å². The maximum absolute atomic E-state index is 12.9. The van der Waals surface area contributed by atoms with E-state index < -0.39 is 6.10 Å². The third-order valence-corrected chi connectivity index (χ3v) is 3.70. The molecule has 0 bridgehead atoms. The molecule has 0 saturated carbocycles. The lowest BCUT2D eigenvalue weighted by atomic mass is 10.0. The van der Waals surface area contributed by atoms with E-state index >= 15 is 0 Å². The number of aryl methyl sites for hydroxylation is 1. The van der Waals surface area contributed by atoms with Crippen LogP contribution in [0.4, 0.5) is 4.39 Å². The number of carbonyl (C=O) groups excluding carboxylic acids is 1. The van der Waals surface area contributed by atoms with Gasteiger partial charge < -0.3 is 10.1 Å². The molecular formula is C19H22FNO2. The summed E-state index contributed by atoms with van der Waals surface area (Å²) in [7, 11) is 0. The van der Waals surface area contributed by atoms with Gasteiger partial charge in [0.25, 0.3) is 5.91 Å². The summed E-state index contributed by atoms with van der Waals surface area (Å²) in [4.78, 5) is 12.3. The van der Waals surface area contributed by atoms with E-state index in [1.807, 2.05) is 38.1 Å². The Balaban J connectivity index is 1.98. The molecule has 2 aromatic rings. The van der Waals surface area contributed by atoms with Crippen LogP contribution in [-0.2, 0) is 4.79 Å². The van der Waals surface area contributed by atoms with Crippen LogP contribution in [0.3, 0.4) is 0 Å². The van der Waals surface area contributed by atoms with Crippen molar-refractivity contribution in [1.29, 1.82) is 0 Å². The van der Waals surface area contributed by atoms with E-state index in [4.69, 9.17) is 4.74 Å². The monoisotopic (exact) mass is 315 g/mol. The van der Waals surface area contributed by atoms with Gasteiger partial charge in [-0.15, -0.1) is 0 Å². The van der Waals surface area contributed by atoms with Gasteiger partial charge in [0, 0.05) is 0 Å². The second kappa shape index (κ2) is 7.77. The van der Waals surface area contributed by atoms with Crippen LogP contribution in [0, 0.1) is 12.7 Å². The molecule has 1 N–H and O–H groups in total. The van der Waals surface area contributed by atoms with Crippen molar-refractivity contribution in [2.75, 3.05) is 0 Å². The highest BCUT2D eigenvalue weighted by atomic mass is 19.1. The lowest BCUT2D eigenvalue weighted by molar-refractivity contribution is -0.128. The zero-order valence-electron chi connectivity index (χ0n) is 13.7. The Bertz CT molecular complexity index is 637. The van der Waals surface area contributed by atoms with Gasteiger partial charge in [-0.25, -0.2) is 4.39 Å². The second-order valence-electron chi connectivity index (χ2n) is 5.59. The fraction of sp³-hybridized carbons (Fsp3) is 0.316. The Morgan fingerprint density at radius 3 is 2.30 bits per heavy atom. The Morgan fingerprint density at radius 1 is 1.13 bits per heavy atom. The summed E-state index contributed by atoms with van der Waals surface area (Å²) in [6.45, 7) is 5.73. The van der Waals surface area contributed by atoms with E-state index in [0.29, 0.717) is 5.75 Å². The predicted molar refractivity (Wildman–Crippen MR) is 88.8 cm³/mol. The van der Waals surface area contributed by atoms with Gasteiger partial charge in [-0.2, -0.15) is 0 Å². The van der Waals surface area contributed by atoms with Crippen molar-refractivity contribution < 1.29 is 13.9 Å². The van der Waals surface area contributed by atoms with Crippen LogP contribution in [-0.4, -0.2) is 12.0 Å². The molecule has 122 valence electrons. The van der Waals surface area contributed by atoms with E-state index in [9.17, 15) is 9.18 Å². The van der Waals surface area contributed by atoms with Crippen molar-refractivity contribution in [3.63, 3.8) is 0 Å². The Kier molecular flexibility index (Phi) is 5.74. The zero-order valence-corrected chi connectivity index (χ0v) is 13.7. The van der Waals surface area contributed by atoms with E-state index in [1.54, 1.807) is 6.92 Å². The topological polar surface area (TPSA) is 38.3 Å². The summed E-state index contributed by atoms with van der Waals surface area (Å²) in [5.41, 5.74) is 2.25. The van der Waals surface area contributed by atoms with Crippen molar-refractivity contribution in [1.82, 2.24) is 5.32 Å². The quantitative estimate of drug-likeness (QED) is 0.869. The molecule has 0 aromatic heterocycles. The van der Waals surface area contributed by atoms with Crippen LogP contribution < -0.4 is 10.1 Å². The van der Waals surface area contributed by atoms with Gasteiger partial charge in [-0.1, -0.05) is 36.8 Å². The minimum absolute atomic E-state index is 0.0534. The maximum atomic E-state index is 12.9. The molecule has 4 heteroatoms. The molecule has 0 unspecified atom stereocenters. The molecule has 0 radical (unpaired) electrons. The third-order valence-electron chi connectivity index (χ3n) is 3.70. The normalized spacial score (nSPS) is 13.2. The molecular weight excluding hydrogens is 293 g/mol. The Labute approximate surface area is 136 Å². The van der Waals surface area contributed by atoms with Gasteiger partial charge in [0.15, 0.2) is 6.10 Å². The van der Waals surface area contributed by atoms with Crippen molar-refractivity contribution in [3.8, 4) is 5.75 Å².